The van der Waals surface area contributed by atoms with E-state index in [1.807, 2.05) is 66.7 Å². The van der Waals surface area contributed by atoms with Crippen LogP contribution in [-0.2, 0) is 0 Å². The molecule has 6 nitrogen and oxygen atoms in total. The highest BCUT2D eigenvalue weighted by atomic mass is 14.8. The van der Waals surface area contributed by atoms with Crippen LogP contribution in [0, 0.1) is 0 Å². The number of pyridine rings is 6. The fourth-order valence-corrected chi connectivity index (χ4v) is 2.73. The van der Waals surface area contributed by atoms with Gasteiger partial charge in [-0.25, -0.2) is 9.97 Å². The van der Waals surface area contributed by atoms with Gasteiger partial charge in [-0.3, -0.25) is 19.9 Å². The monoisotopic (exact) mass is 390 g/mol. The van der Waals surface area contributed by atoms with Gasteiger partial charge in [0.2, 0.25) is 0 Å². The van der Waals surface area contributed by atoms with Gasteiger partial charge in [-0.05, 0) is 60.7 Å². The van der Waals surface area contributed by atoms with Crippen molar-refractivity contribution >= 4 is 33.0 Å². The van der Waals surface area contributed by atoms with Crippen LogP contribution in [0.5, 0.6) is 0 Å². The Bertz CT molecular complexity index is 1000. The largest absolute Gasteiger partial charge is 0.262 e. The Morgan fingerprint density at radius 2 is 0.900 bits per heavy atom. The maximum Gasteiger partial charge on any atom is 0.159 e. The molecule has 0 fully saturated rings. The van der Waals surface area contributed by atoms with Gasteiger partial charge in [-0.2, -0.15) is 0 Å². The molecule has 0 spiro atoms. The van der Waals surface area contributed by atoms with Crippen molar-refractivity contribution in [2.45, 2.75) is 0 Å². The lowest BCUT2D eigenvalue weighted by Gasteiger charge is -1.90. The number of fused-ring (bicyclic) bond motifs is 3. The maximum atomic E-state index is 4.12. The summed E-state index contributed by atoms with van der Waals surface area (Å²) in [6, 6.07) is 21.3. The van der Waals surface area contributed by atoms with E-state index in [9.17, 15) is 0 Å². The van der Waals surface area contributed by atoms with Crippen molar-refractivity contribution in [1.82, 2.24) is 29.9 Å². The van der Waals surface area contributed by atoms with E-state index in [2.05, 4.69) is 29.9 Å². The van der Waals surface area contributed by atoms with Crippen molar-refractivity contribution in [2.24, 2.45) is 0 Å². The van der Waals surface area contributed by atoms with Crippen LogP contribution in [-0.4, -0.2) is 29.9 Å². The fourth-order valence-electron chi connectivity index (χ4n) is 2.73. The molecule has 30 heavy (non-hydrogen) atoms. The zero-order valence-electron chi connectivity index (χ0n) is 16.1. The van der Waals surface area contributed by atoms with E-state index in [1.54, 1.807) is 43.4 Å². The van der Waals surface area contributed by atoms with E-state index < -0.39 is 0 Å². The molecule has 0 amide bonds. The average molecular weight is 390 g/mol. The van der Waals surface area contributed by atoms with E-state index in [0.717, 1.165) is 33.0 Å². The van der Waals surface area contributed by atoms with Crippen LogP contribution in [0.4, 0.5) is 0 Å². The van der Waals surface area contributed by atoms with E-state index in [1.165, 1.54) is 0 Å². The molecule has 6 heterocycles. The van der Waals surface area contributed by atoms with Gasteiger partial charge in [0.05, 0.1) is 22.7 Å². The summed E-state index contributed by atoms with van der Waals surface area (Å²) in [5.74, 6) is 0. The second-order valence-electron chi connectivity index (χ2n) is 6.17. The molecular weight excluding hydrogens is 372 g/mol. The van der Waals surface area contributed by atoms with Gasteiger partial charge >= 0.3 is 0 Å². The normalized spacial score (nSPS) is 10.0. The lowest BCUT2D eigenvalue weighted by molar-refractivity contribution is 1.29. The van der Waals surface area contributed by atoms with E-state index in [0.29, 0.717) is 0 Å². The quantitative estimate of drug-likeness (QED) is 0.367. The lowest BCUT2D eigenvalue weighted by Crippen LogP contribution is -1.78. The molecule has 0 aromatic carbocycles. The molecule has 0 aliphatic heterocycles. The minimum atomic E-state index is 0.810. The lowest BCUT2D eigenvalue weighted by atomic mass is 10.3. The van der Waals surface area contributed by atoms with Crippen LogP contribution >= 0.6 is 0 Å². The molecule has 0 saturated heterocycles. The Hall–Kier alpha value is -4.32. The smallest absolute Gasteiger partial charge is 0.159 e. The number of hydrogen-bond donors (Lipinski definition) is 0. The molecule has 0 radical (unpaired) electrons. The first-order valence-electron chi connectivity index (χ1n) is 9.36. The Morgan fingerprint density at radius 1 is 0.400 bits per heavy atom. The Labute approximate surface area is 173 Å². The third-order valence-corrected chi connectivity index (χ3v) is 4.15. The Balaban J connectivity index is 0.000000109. The number of aromatic nitrogens is 6. The summed E-state index contributed by atoms with van der Waals surface area (Å²) in [4.78, 5) is 24.4. The van der Waals surface area contributed by atoms with Crippen LogP contribution in [0.3, 0.4) is 0 Å². The molecule has 6 heteroatoms. The molecule has 0 bridgehead atoms. The highest BCUT2D eigenvalue weighted by Gasteiger charge is 1.89. The van der Waals surface area contributed by atoms with Crippen molar-refractivity contribution in [3.8, 4) is 0 Å². The predicted molar refractivity (Wildman–Crippen MR) is 119 cm³/mol. The molecular formula is C24H18N6. The van der Waals surface area contributed by atoms with Crippen molar-refractivity contribution < 1.29 is 0 Å². The van der Waals surface area contributed by atoms with E-state index in [-0.39, 0.29) is 0 Å². The third-order valence-electron chi connectivity index (χ3n) is 4.15. The second kappa shape index (κ2) is 9.75. The van der Waals surface area contributed by atoms with Crippen LogP contribution in [0.2, 0.25) is 0 Å². The highest BCUT2D eigenvalue weighted by Crippen LogP contribution is 2.06. The molecule has 6 rings (SSSR count). The molecule has 0 N–H and O–H groups in total. The fraction of sp³-hybridized carbons (Fsp3) is 0. The SMILES string of the molecule is c1cnc2cccnc2c1.c1cnc2cnccc2c1.c1cnc2ncccc2c1. The summed E-state index contributed by atoms with van der Waals surface area (Å²) >= 11 is 0. The highest BCUT2D eigenvalue weighted by molar-refractivity contribution is 5.76. The molecule has 0 unspecified atom stereocenters. The predicted octanol–water partition coefficient (Wildman–Crippen LogP) is 4.89. The van der Waals surface area contributed by atoms with E-state index >= 15 is 0 Å². The molecule has 144 valence electrons. The van der Waals surface area contributed by atoms with Gasteiger partial charge in [0.15, 0.2) is 5.65 Å². The van der Waals surface area contributed by atoms with Crippen molar-refractivity contribution in [3.05, 3.63) is 110 Å². The first-order chi connectivity index (χ1) is 14.9. The molecule has 0 saturated carbocycles. The number of nitrogens with zero attached hydrogens (tertiary/aromatic N) is 6. The van der Waals surface area contributed by atoms with Crippen molar-refractivity contribution in [2.75, 3.05) is 0 Å². The second-order valence-corrected chi connectivity index (χ2v) is 6.17. The first kappa shape index (κ1) is 19.0. The van der Waals surface area contributed by atoms with Crippen LogP contribution in [0.1, 0.15) is 0 Å². The standard InChI is InChI=1S/3C8H6N2/c1-3-7-8(9-5-1)4-2-6-10-7;1-3-7-4-2-6-10-8(7)9-5-1;1-2-7-3-5-9-6-8(7)10-4-1/h3*1-6H. The van der Waals surface area contributed by atoms with Gasteiger partial charge in [0.25, 0.3) is 0 Å². The van der Waals surface area contributed by atoms with Crippen molar-refractivity contribution in [3.63, 3.8) is 0 Å². The molecule has 6 aromatic heterocycles. The van der Waals surface area contributed by atoms with E-state index in [4.69, 9.17) is 0 Å². The van der Waals surface area contributed by atoms with Crippen molar-refractivity contribution in [1.29, 1.82) is 0 Å². The third kappa shape index (κ3) is 4.94. The summed E-state index contributed by atoms with van der Waals surface area (Å²) in [5, 5.41) is 2.22. The topological polar surface area (TPSA) is 77.3 Å². The summed E-state index contributed by atoms with van der Waals surface area (Å²) in [5.41, 5.74) is 3.66. The van der Waals surface area contributed by atoms with Gasteiger partial charge in [0, 0.05) is 48.0 Å². The zero-order valence-corrected chi connectivity index (χ0v) is 16.1. The number of rotatable bonds is 0. The zero-order chi connectivity index (χ0) is 20.4. The summed E-state index contributed by atoms with van der Waals surface area (Å²) in [7, 11) is 0. The van der Waals surface area contributed by atoms with Crippen LogP contribution in [0.25, 0.3) is 33.0 Å². The van der Waals surface area contributed by atoms with Gasteiger partial charge in [-0.15, -0.1) is 0 Å². The molecule has 6 aromatic rings. The van der Waals surface area contributed by atoms with Gasteiger partial charge in [0.1, 0.15) is 0 Å². The molecule has 0 aliphatic rings. The van der Waals surface area contributed by atoms with Gasteiger partial charge < -0.3 is 0 Å². The van der Waals surface area contributed by atoms with Crippen LogP contribution in [0.15, 0.2) is 110 Å². The Kier molecular flexibility index (Phi) is 6.18. The minimum absolute atomic E-state index is 0.810. The summed E-state index contributed by atoms with van der Waals surface area (Å²) < 4.78 is 0. The number of hydrogen-bond acceptors (Lipinski definition) is 6. The maximum absolute atomic E-state index is 4.12. The molecule has 0 aliphatic carbocycles. The summed E-state index contributed by atoms with van der Waals surface area (Å²) in [6.45, 7) is 0. The summed E-state index contributed by atoms with van der Waals surface area (Å²) in [6.07, 6.45) is 12.3. The Morgan fingerprint density at radius 3 is 1.47 bits per heavy atom. The van der Waals surface area contributed by atoms with Crippen LogP contribution < -0.4 is 0 Å². The minimum Gasteiger partial charge on any atom is -0.262 e. The van der Waals surface area contributed by atoms with Gasteiger partial charge in [-0.1, -0.05) is 6.07 Å². The average Bonchev–Trinajstić information content (AvgIpc) is 2.85. The first-order valence-corrected chi connectivity index (χ1v) is 9.36. The molecule has 0 atom stereocenters.